The van der Waals surface area contributed by atoms with E-state index < -0.39 is 0 Å². The minimum absolute atomic E-state index is 0.153. The van der Waals surface area contributed by atoms with E-state index >= 15 is 0 Å². The molecule has 20 heavy (non-hydrogen) atoms. The van der Waals surface area contributed by atoms with E-state index in [1.54, 1.807) is 0 Å². The third-order valence-electron chi connectivity index (χ3n) is 3.90. The van der Waals surface area contributed by atoms with Gasteiger partial charge in [0, 0.05) is 11.3 Å². The van der Waals surface area contributed by atoms with E-state index in [2.05, 4.69) is 43.7 Å². The zero-order valence-electron chi connectivity index (χ0n) is 13.2. The molecule has 0 saturated heterocycles. The Balaban J connectivity index is 2.75. The van der Waals surface area contributed by atoms with E-state index in [4.69, 9.17) is 5.73 Å². The second-order valence-electron chi connectivity index (χ2n) is 5.68. The van der Waals surface area contributed by atoms with Crippen molar-refractivity contribution in [3.05, 3.63) is 45.9 Å². The van der Waals surface area contributed by atoms with Gasteiger partial charge in [0.2, 0.25) is 0 Å². The summed E-state index contributed by atoms with van der Waals surface area (Å²) < 4.78 is 0. The Kier molecular flexibility index (Phi) is 3.91. The molecule has 1 aromatic carbocycles. The van der Waals surface area contributed by atoms with Crippen molar-refractivity contribution in [3.8, 4) is 11.3 Å². The summed E-state index contributed by atoms with van der Waals surface area (Å²) in [5.74, 6) is 0.706. The molecule has 106 valence electrons. The molecule has 0 radical (unpaired) electrons. The summed E-state index contributed by atoms with van der Waals surface area (Å²) in [5, 5.41) is 0. The van der Waals surface area contributed by atoms with Gasteiger partial charge in [0.15, 0.2) is 0 Å². The Bertz CT molecular complexity index is 632. The highest BCUT2D eigenvalue weighted by Gasteiger charge is 2.14. The molecule has 0 amide bonds. The van der Waals surface area contributed by atoms with Gasteiger partial charge in [-0.05, 0) is 69.9 Å². The van der Waals surface area contributed by atoms with Crippen molar-refractivity contribution in [2.75, 3.05) is 0 Å². The predicted molar refractivity (Wildman–Crippen MR) is 83.8 cm³/mol. The van der Waals surface area contributed by atoms with Crippen LogP contribution in [0.15, 0.2) is 12.1 Å². The molecule has 1 aromatic heterocycles. The lowest BCUT2D eigenvalue weighted by Gasteiger charge is -2.16. The predicted octanol–water partition coefficient (Wildman–Crippen LogP) is 3.71. The molecule has 0 spiro atoms. The number of hydrogen-bond acceptors (Lipinski definition) is 3. The van der Waals surface area contributed by atoms with Crippen LogP contribution in [0.4, 0.5) is 0 Å². The Hall–Kier alpha value is -1.74. The van der Waals surface area contributed by atoms with E-state index in [0.29, 0.717) is 5.82 Å². The van der Waals surface area contributed by atoms with Crippen molar-refractivity contribution in [3.63, 3.8) is 0 Å². The van der Waals surface area contributed by atoms with Gasteiger partial charge in [-0.2, -0.15) is 0 Å². The van der Waals surface area contributed by atoms with E-state index in [9.17, 15) is 0 Å². The van der Waals surface area contributed by atoms with Crippen LogP contribution in [0.1, 0.15) is 46.7 Å². The van der Waals surface area contributed by atoms with Crippen LogP contribution in [0.3, 0.4) is 0 Å². The largest absolute Gasteiger partial charge is 0.322 e. The summed E-state index contributed by atoms with van der Waals surface area (Å²) in [6, 6.07) is 4.12. The van der Waals surface area contributed by atoms with E-state index in [-0.39, 0.29) is 6.04 Å². The lowest BCUT2D eigenvalue weighted by Crippen LogP contribution is -2.11. The molecule has 1 heterocycles. The fourth-order valence-electron chi connectivity index (χ4n) is 2.52. The molecule has 2 aromatic rings. The zero-order valence-corrected chi connectivity index (χ0v) is 13.2. The number of nitrogens with zero attached hydrogens (tertiary/aromatic N) is 2. The summed E-state index contributed by atoms with van der Waals surface area (Å²) >= 11 is 0. The van der Waals surface area contributed by atoms with Crippen LogP contribution in [0.2, 0.25) is 0 Å². The number of aromatic nitrogens is 2. The second kappa shape index (κ2) is 5.33. The topological polar surface area (TPSA) is 51.8 Å². The van der Waals surface area contributed by atoms with Crippen LogP contribution in [0.25, 0.3) is 11.3 Å². The Labute approximate surface area is 121 Å². The zero-order chi connectivity index (χ0) is 15.0. The average Bonchev–Trinajstić information content (AvgIpc) is 2.36. The Morgan fingerprint density at radius 1 is 0.900 bits per heavy atom. The molecular weight excluding hydrogens is 246 g/mol. The summed E-state index contributed by atoms with van der Waals surface area (Å²) in [6.45, 7) is 12.5. The Morgan fingerprint density at radius 3 is 1.95 bits per heavy atom. The van der Waals surface area contributed by atoms with Crippen molar-refractivity contribution in [2.45, 2.75) is 47.6 Å². The van der Waals surface area contributed by atoms with Gasteiger partial charge < -0.3 is 5.73 Å². The SMILES string of the molecule is Cc1cc(-c2c(C)c(C)cc(C)c2C)nc(C(C)N)n1. The summed E-state index contributed by atoms with van der Waals surface area (Å²) in [7, 11) is 0. The molecule has 1 atom stereocenters. The third kappa shape index (κ3) is 2.59. The maximum absolute atomic E-state index is 5.94. The molecule has 0 saturated carbocycles. The molecule has 2 rings (SSSR count). The maximum atomic E-state index is 5.94. The summed E-state index contributed by atoms with van der Waals surface area (Å²) in [5.41, 5.74) is 14.2. The van der Waals surface area contributed by atoms with Crippen LogP contribution < -0.4 is 5.73 Å². The van der Waals surface area contributed by atoms with Gasteiger partial charge in [-0.25, -0.2) is 9.97 Å². The van der Waals surface area contributed by atoms with Crippen molar-refractivity contribution in [1.82, 2.24) is 9.97 Å². The van der Waals surface area contributed by atoms with Gasteiger partial charge in [0.25, 0.3) is 0 Å². The first kappa shape index (κ1) is 14.7. The van der Waals surface area contributed by atoms with Crippen molar-refractivity contribution in [2.24, 2.45) is 5.73 Å². The normalized spacial score (nSPS) is 12.6. The molecule has 1 unspecified atom stereocenters. The number of aryl methyl sites for hydroxylation is 3. The van der Waals surface area contributed by atoms with Gasteiger partial charge in [0.1, 0.15) is 5.82 Å². The number of rotatable bonds is 2. The smallest absolute Gasteiger partial charge is 0.145 e. The van der Waals surface area contributed by atoms with Crippen LogP contribution in [0, 0.1) is 34.6 Å². The molecular formula is C17H23N3. The van der Waals surface area contributed by atoms with E-state index in [0.717, 1.165) is 11.4 Å². The highest BCUT2D eigenvalue weighted by Crippen LogP contribution is 2.31. The maximum Gasteiger partial charge on any atom is 0.145 e. The standard InChI is InChI=1S/C17H23N3/c1-9-7-10(2)13(5)16(12(9)4)15-8-11(3)19-17(20-15)14(6)18/h7-8,14H,18H2,1-6H3. The van der Waals surface area contributed by atoms with Crippen LogP contribution in [0.5, 0.6) is 0 Å². The third-order valence-corrected chi connectivity index (χ3v) is 3.90. The molecule has 2 N–H and O–H groups in total. The quantitative estimate of drug-likeness (QED) is 0.904. The van der Waals surface area contributed by atoms with E-state index in [1.165, 1.54) is 27.8 Å². The molecule has 3 heteroatoms. The molecule has 0 aliphatic rings. The monoisotopic (exact) mass is 269 g/mol. The molecule has 0 aliphatic carbocycles. The molecule has 0 aliphatic heterocycles. The lowest BCUT2D eigenvalue weighted by atomic mass is 9.92. The van der Waals surface area contributed by atoms with Crippen molar-refractivity contribution < 1.29 is 0 Å². The first-order valence-electron chi connectivity index (χ1n) is 7.00. The highest BCUT2D eigenvalue weighted by molar-refractivity contribution is 5.70. The van der Waals surface area contributed by atoms with Gasteiger partial charge in [-0.1, -0.05) is 6.07 Å². The van der Waals surface area contributed by atoms with Crippen molar-refractivity contribution >= 4 is 0 Å². The first-order chi connectivity index (χ1) is 9.31. The lowest BCUT2D eigenvalue weighted by molar-refractivity contribution is 0.734. The van der Waals surface area contributed by atoms with Crippen molar-refractivity contribution in [1.29, 1.82) is 0 Å². The number of benzene rings is 1. The van der Waals surface area contributed by atoms with Crippen LogP contribution in [-0.2, 0) is 0 Å². The summed E-state index contributed by atoms with van der Waals surface area (Å²) in [4.78, 5) is 9.10. The molecule has 3 nitrogen and oxygen atoms in total. The highest BCUT2D eigenvalue weighted by atomic mass is 14.9. The molecule has 0 fully saturated rings. The summed E-state index contributed by atoms with van der Waals surface area (Å²) in [6.07, 6.45) is 0. The first-order valence-corrected chi connectivity index (χ1v) is 7.00. The van der Waals surface area contributed by atoms with Gasteiger partial charge in [0.05, 0.1) is 11.7 Å². The van der Waals surface area contributed by atoms with Crippen LogP contribution in [-0.4, -0.2) is 9.97 Å². The second-order valence-corrected chi connectivity index (χ2v) is 5.68. The fraction of sp³-hybridized carbons (Fsp3) is 0.412. The minimum Gasteiger partial charge on any atom is -0.322 e. The average molecular weight is 269 g/mol. The van der Waals surface area contributed by atoms with Gasteiger partial charge in [-0.15, -0.1) is 0 Å². The minimum atomic E-state index is -0.153. The fourth-order valence-corrected chi connectivity index (χ4v) is 2.52. The van der Waals surface area contributed by atoms with Gasteiger partial charge >= 0.3 is 0 Å². The van der Waals surface area contributed by atoms with E-state index in [1.807, 2.05) is 19.9 Å². The van der Waals surface area contributed by atoms with Gasteiger partial charge in [-0.3, -0.25) is 0 Å². The Morgan fingerprint density at radius 2 is 1.45 bits per heavy atom. The van der Waals surface area contributed by atoms with Crippen LogP contribution >= 0.6 is 0 Å². The number of nitrogens with two attached hydrogens (primary N) is 1. The number of hydrogen-bond donors (Lipinski definition) is 1. The molecule has 0 bridgehead atoms.